The molecule has 1 unspecified atom stereocenters. The molecule has 0 aliphatic carbocycles. The average molecular weight is 231 g/mol. The van der Waals surface area contributed by atoms with Gasteiger partial charge in [0.1, 0.15) is 0 Å². The standard InChI is InChI=1S/C11H21NO2S/c1-10-5-3-4-6-12(10)11(13)9-15-8-7-14-2/h10H,3-9H2,1-2H3. The van der Waals surface area contributed by atoms with Crippen LogP contribution < -0.4 is 0 Å². The SMILES string of the molecule is COCCSCC(=O)N1CCCCC1C. The topological polar surface area (TPSA) is 29.5 Å². The van der Waals surface area contributed by atoms with Gasteiger partial charge in [-0.3, -0.25) is 4.79 Å². The highest BCUT2D eigenvalue weighted by atomic mass is 32.2. The van der Waals surface area contributed by atoms with Crippen molar-refractivity contribution in [2.24, 2.45) is 0 Å². The van der Waals surface area contributed by atoms with Gasteiger partial charge in [0.15, 0.2) is 0 Å². The Labute approximate surface area is 96.5 Å². The van der Waals surface area contributed by atoms with Crippen molar-refractivity contribution in [2.45, 2.75) is 32.2 Å². The molecule has 15 heavy (non-hydrogen) atoms. The largest absolute Gasteiger partial charge is 0.384 e. The van der Waals surface area contributed by atoms with E-state index in [1.54, 1.807) is 18.9 Å². The first kappa shape index (κ1) is 12.8. The maximum atomic E-state index is 11.8. The summed E-state index contributed by atoms with van der Waals surface area (Å²) in [7, 11) is 1.69. The predicted octanol–water partition coefficient (Wildman–Crippen LogP) is 1.77. The molecule has 0 aromatic heterocycles. The van der Waals surface area contributed by atoms with E-state index in [0.29, 0.717) is 17.7 Å². The molecule has 0 radical (unpaired) electrons. The average Bonchev–Trinajstić information content (AvgIpc) is 2.25. The number of piperidine rings is 1. The van der Waals surface area contributed by atoms with E-state index in [0.717, 1.165) is 25.3 Å². The molecular formula is C11H21NO2S. The first-order valence-electron chi connectivity index (χ1n) is 5.62. The quantitative estimate of drug-likeness (QED) is 0.675. The zero-order valence-corrected chi connectivity index (χ0v) is 10.5. The second-order valence-electron chi connectivity index (χ2n) is 3.98. The lowest BCUT2D eigenvalue weighted by Crippen LogP contribution is -2.43. The van der Waals surface area contributed by atoms with Gasteiger partial charge in [0.05, 0.1) is 12.4 Å². The molecule has 88 valence electrons. The third-order valence-electron chi connectivity index (χ3n) is 2.78. The van der Waals surface area contributed by atoms with Crippen LogP contribution in [-0.4, -0.2) is 48.6 Å². The molecule has 1 fully saturated rings. The minimum absolute atomic E-state index is 0.295. The maximum Gasteiger partial charge on any atom is 0.232 e. The Hall–Kier alpha value is -0.220. The summed E-state index contributed by atoms with van der Waals surface area (Å²) in [6.45, 7) is 3.83. The summed E-state index contributed by atoms with van der Waals surface area (Å²) in [4.78, 5) is 13.9. The normalized spacial score (nSPS) is 21.7. The van der Waals surface area contributed by atoms with E-state index < -0.39 is 0 Å². The lowest BCUT2D eigenvalue weighted by Gasteiger charge is -2.33. The Balaban J connectivity index is 2.20. The van der Waals surface area contributed by atoms with E-state index in [2.05, 4.69) is 6.92 Å². The number of likely N-dealkylation sites (tertiary alicyclic amines) is 1. The number of amides is 1. The molecule has 1 atom stereocenters. The van der Waals surface area contributed by atoms with Crippen LogP contribution in [0.2, 0.25) is 0 Å². The molecule has 4 heteroatoms. The molecule has 0 bridgehead atoms. The van der Waals surface area contributed by atoms with Crippen molar-refractivity contribution in [1.29, 1.82) is 0 Å². The molecule has 0 aromatic rings. The van der Waals surface area contributed by atoms with Gasteiger partial charge in [0.2, 0.25) is 5.91 Å². The summed E-state index contributed by atoms with van der Waals surface area (Å²) in [5.74, 6) is 1.81. The van der Waals surface area contributed by atoms with Gasteiger partial charge in [-0.25, -0.2) is 0 Å². The lowest BCUT2D eigenvalue weighted by molar-refractivity contribution is -0.131. The summed E-state index contributed by atoms with van der Waals surface area (Å²) >= 11 is 1.67. The molecule has 1 rings (SSSR count). The number of thioether (sulfide) groups is 1. The number of ether oxygens (including phenoxy) is 1. The van der Waals surface area contributed by atoms with Gasteiger partial charge in [0, 0.05) is 25.4 Å². The van der Waals surface area contributed by atoms with Crippen LogP contribution >= 0.6 is 11.8 Å². The number of methoxy groups -OCH3 is 1. The molecule has 1 aliphatic rings. The van der Waals surface area contributed by atoms with Crippen LogP contribution in [0, 0.1) is 0 Å². The van der Waals surface area contributed by atoms with Gasteiger partial charge in [0.25, 0.3) is 0 Å². The van der Waals surface area contributed by atoms with Gasteiger partial charge in [-0.2, -0.15) is 0 Å². The molecule has 0 N–H and O–H groups in total. The lowest BCUT2D eigenvalue weighted by atomic mass is 10.0. The summed E-state index contributed by atoms with van der Waals surface area (Å²) in [5.41, 5.74) is 0. The van der Waals surface area contributed by atoms with Gasteiger partial charge >= 0.3 is 0 Å². The Kier molecular flexibility index (Phi) is 6.10. The summed E-state index contributed by atoms with van der Waals surface area (Å²) < 4.78 is 4.94. The molecule has 0 aromatic carbocycles. The number of carbonyl (C=O) groups is 1. The fourth-order valence-corrected chi connectivity index (χ4v) is 2.62. The van der Waals surface area contributed by atoms with E-state index in [1.165, 1.54) is 12.8 Å². The second kappa shape index (κ2) is 7.12. The van der Waals surface area contributed by atoms with Crippen molar-refractivity contribution >= 4 is 17.7 Å². The predicted molar refractivity (Wildman–Crippen MR) is 64.2 cm³/mol. The molecular weight excluding hydrogens is 210 g/mol. The van der Waals surface area contributed by atoms with Gasteiger partial charge in [-0.1, -0.05) is 0 Å². The third-order valence-corrected chi connectivity index (χ3v) is 3.69. The van der Waals surface area contributed by atoms with Crippen molar-refractivity contribution in [2.75, 3.05) is 31.8 Å². The molecule has 0 saturated carbocycles. The van der Waals surface area contributed by atoms with Crippen LogP contribution in [-0.2, 0) is 9.53 Å². The third kappa shape index (κ3) is 4.43. The highest BCUT2D eigenvalue weighted by Crippen LogP contribution is 2.17. The minimum atomic E-state index is 0.295. The Morgan fingerprint density at radius 3 is 3.00 bits per heavy atom. The monoisotopic (exact) mass is 231 g/mol. The summed E-state index contributed by atoms with van der Waals surface area (Å²) in [6.07, 6.45) is 3.59. The van der Waals surface area contributed by atoms with Crippen molar-refractivity contribution < 1.29 is 9.53 Å². The van der Waals surface area contributed by atoms with E-state index in [4.69, 9.17) is 4.74 Å². The minimum Gasteiger partial charge on any atom is -0.384 e. The van der Waals surface area contributed by atoms with Crippen molar-refractivity contribution in [3.63, 3.8) is 0 Å². The van der Waals surface area contributed by atoms with Crippen LogP contribution in [0.15, 0.2) is 0 Å². The maximum absolute atomic E-state index is 11.8. The van der Waals surface area contributed by atoms with Gasteiger partial charge < -0.3 is 9.64 Å². The zero-order chi connectivity index (χ0) is 11.1. The first-order chi connectivity index (χ1) is 7.25. The number of hydrogen-bond acceptors (Lipinski definition) is 3. The van der Waals surface area contributed by atoms with Crippen LogP contribution in [0.4, 0.5) is 0 Å². The van der Waals surface area contributed by atoms with Crippen LogP contribution in [0.25, 0.3) is 0 Å². The molecule has 3 nitrogen and oxygen atoms in total. The highest BCUT2D eigenvalue weighted by Gasteiger charge is 2.22. The van der Waals surface area contributed by atoms with Gasteiger partial charge in [-0.15, -0.1) is 11.8 Å². The van der Waals surface area contributed by atoms with E-state index >= 15 is 0 Å². The smallest absolute Gasteiger partial charge is 0.232 e. The summed E-state index contributed by atoms with van der Waals surface area (Å²) in [6, 6.07) is 0.439. The van der Waals surface area contributed by atoms with E-state index in [9.17, 15) is 4.79 Å². The van der Waals surface area contributed by atoms with Gasteiger partial charge in [-0.05, 0) is 26.2 Å². The Morgan fingerprint density at radius 1 is 1.53 bits per heavy atom. The second-order valence-corrected chi connectivity index (χ2v) is 5.08. The zero-order valence-electron chi connectivity index (χ0n) is 9.70. The van der Waals surface area contributed by atoms with E-state index in [-0.39, 0.29) is 0 Å². The first-order valence-corrected chi connectivity index (χ1v) is 6.77. The Bertz CT molecular complexity index is 199. The van der Waals surface area contributed by atoms with Crippen LogP contribution in [0.3, 0.4) is 0 Å². The molecule has 1 aliphatic heterocycles. The number of rotatable bonds is 5. The molecule has 1 saturated heterocycles. The Morgan fingerprint density at radius 2 is 2.33 bits per heavy atom. The fraction of sp³-hybridized carbons (Fsp3) is 0.909. The van der Waals surface area contributed by atoms with E-state index in [1.807, 2.05) is 4.90 Å². The summed E-state index contributed by atoms with van der Waals surface area (Å²) in [5, 5.41) is 0. The number of carbonyl (C=O) groups excluding carboxylic acids is 1. The molecule has 0 spiro atoms. The number of hydrogen-bond donors (Lipinski definition) is 0. The molecule has 1 heterocycles. The highest BCUT2D eigenvalue weighted by molar-refractivity contribution is 7.99. The van der Waals surface area contributed by atoms with Crippen molar-refractivity contribution in [3.8, 4) is 0 Å². The van der Waals surface area contributed by atoms with Crippen LogP contribution in [0.5, 0.6) is 0 Å². The molecule has 1 amide bonds. The number of nitrogens with zero attached hydrogens (tertiary/aromatic N) is 1. The van der Waals surface area contributed by atoms with Crippen LogP contribution in [0.1, 0.15) is 26.2 Å². The van der Waals surface area contributed by atoms with Crippen molar-refractivity contribution in [3.05, 3.63) is 0 Å². The fourth-order valence-electron chi connectivity index (χ4n) is 1.85. The van der Waals surface area contributed by atoms with Crippen molar-refractivity contribution in [1.82, 2.24) is 4.90 Å².